The van der Waals surface area contributed by atoms with Crippen LogP contribution in [-0.4, -0.2) is 33.5 Å². The van der Waals surface area contributed by atoms with Crippen molar-refractivity contribution in [3.63, 3.8) is 0 Å². The molecule has 2 aliphatic rings. The Hall–Kier alpha value is -1.73. The number of H-pyrrole nitrogens is 1. The number of hydrogen-bond donors (Lipinski definition) is 1. The zero-order valence-electron chi connectivity index (χ0n) is 15.6. The molecule has 0 unspecified atom stereocenters. The van der Waals surface area contributed by atoms with Gasteiger partial charge in [-0.05, 0) is 41.3 Å². The number of ether oxygens (including phenoxy) is 1. The summed E-state index contributed by atoms with van der Waals surface area (Å²) < 4.78 is 6.33. The molecule has 1 aliphatic heterocycles. The average molecular weight is 433 g/mol. The molecule has 0 aromatic carbocycles. The van der Waals surface area contributed by atoms with Gasteiger partial charge >= 0.3 is 0 Å². The maximum atomic E-state index is 12.6. The van der Waals surface area contributed by atoms with Gasteiger partial charge in [-0.15, -0.1) is 0 Å². The molecule has 1 N–H and O–H groups in total. The van der Waals surface area contributed by atoms with E-state index in [1.54, 1.807) is 13.3 Å². The third kappa shape index (κ3) is 4.09. The van der Waals surface area contributed by atoms with Crippen LogP contribution < -0.4 is 10.3 Å². The molecule has 1 saturated carbocycles. The Morgan fingerprint density at radius 3 is 2.93 bits per heavy atom. The lowest BCUT2D eigenvalue weighted by molar-refractivity contribution is 0.235. The Kier molecular flexibility index (Phi) is 5.59. The molecule has 2 aromatic heterocycles. The molecule has 1 aliphatic carbocycles. The predicted molar refractivity (Wildman–Crippen MR) is 107 cm³/mol. The second-order valence-electron chi connectivity index (χ2n) is 7.49. The highest BCUT2D eigenvalue weighted by Crippen LogP contribution is 2.31. The fourth-order valence-electron chi connectivity index (χ4n) is 4.22. The van der Waals surface area contributed by atoms with Crippen molar-refractivity contribution in [2.45, 2.75) is 57.5 Å². The van der Waals surface area contributed by atoms with Gasteiger partial charge in [0.25, 0.3) is 5.56 Å². The van der Waals surface area contributed by atoms with Gasteiger partial charge in [-0.1, -0.05) is 19.3 Å². The zero-order chi connectivity index (χ0) is 18.8. The number of hydrogen-bond acceptors (Lipinski definition) is 5. The average Bonchev–Trinajstić information content (AvgIpc) is 2.68. The summed E-state index contributed by atoms with van der Waals surface area (Å²) in [6.45, 7) is 2.24. The number of aromatic amines is 1. The Labute approximate surface area is 167 Å². The summed E-state index contributed by atoms with van der Waals surface area (Å²) in [4.78, 5) is 27.2. The Balaban J connectivity index is 1.56. The molecule has 144 valence electrons. The lowest BCUT2D eigenvalue weighted by Gasteiger charge is -2.29. The number of methoxy groups -OCH3 is 1. The number of pyridine rings is 1. The van der Waals surface area contributed by atoms with Crippen molar-refractivity contribution < 1.29 is 4.74 Å². The van der Waals surface area contributed by atoms with E-state index in [9.17, 15) is 4.79 Å². The summed E-state index contributed by atoms with van der Waals surface area (Å²) >= 11 is 3.48. The Morgan fingerprint density at radius 2 is 2.15 bits per heavy atom. The number of nitrogens with one attached hydrogen (secondary N) is 1. The largest absolute Gasteiger partial charge is 0.481 e. The van der Waals surface area contributed by atoms with E-state index < -0.39 is 0 Å². The summed E-state index contributed by atoms with van der Waals surface area (Å²) in [6, 6.07) is 2.04. The van der Waals surface area contributed by atoms with Gasteiger partial charge in [0.05, 0.1) is 12.8 Å². The van der Waals surface area contributed by atoms with Gasteiger partial charge in [0, 0.05) is 47.3 Å². The third-order valence-electron chi connectivity index (χ3n) is 5.64. The first-order valence-electron chi connectivity index (χ1n) is 9.67. The Bertz CT molecular complexity index is 877. The van der Waals surface area contributed by atoms with E-state index >= 15 is 0 Å². The van der Waals surface area contributed by atoms with Gasteiger partial charge in [-0.3, -0.25) is 9.69 Å². The summed E-state index contributed by atoms with van der Waals surface area (Å²) in [6.07, 6.45) is 8.49. The van der Waals surface area contributed by atoms with Crippen molar-refractivity contribution in [3.8, 4) is 5.88 Å². The molecule has 1 fully saturated rings. The minimum atomic E-state index is 0.0573. The number of fused-ring (bicyclic) bond motifs is 1. The molecule has 0 spiro atoms. The van der Waals surface area contributed by atoms with Crippen molar-refractivity contribution in [1.82, 2.24) is 19.9 Å². The van der Waals surface area contributed by atoms with Gasteiger partial charge in [0.15, 0.2) is 0 Å². The molecule has 0 saturated heterocycles. The number of halogens is 1. The van der Waals surface area contributed by atoms with Crippen LogP contribution in [0.5, 0.6) is 5.88 Å². The molecule has 4 rings (SSSR count). The van der Waals surface area contributed by atoms with Gasteiger partial charge in [0.2, 0.25) is 5.88 Å². The SMILES string of the molecule is COc1ncc(Br)cc1CN1CCc2c(nc(C3CCCCC3)[nH]c2=O)C1. The molecular weight excluding hydrogens is 408 g/mol. The van der Waals surface area contributed by atoms with E-state index in [4.69, 9.17) is 9.72 Å². The number of nitrogens with zero attached hydrogens (tertiary/aromatic N) is 3. The maximum absolute atomic E-state index is 12.6. The van der Waals surface area contributed by atoms with Crippen LogP contribution in [0.3, 0.4) is 0 Å². The van der Waals surface area contributed by atoms with E-state index in [0.717, 1.165) is 59.5 Å². The van der Waals surface area contributed by atoms with Gasteiger partial charge in [-0.2, -0.15) is 0 Å². The van der Waals surface area contributed by atoms with Gasteiger partial charge < -0.3 is 9.72 Å². The summed E-state index contributed by atoms with van der Waals surface area (Å²) in [5.74, 6) is 1.94. The van der Waals surface area contributed by atoms with Crippen LogP contribution in [0.1, 0.15) is 60.7 Å². The topological polar surface area (TPSA) is 71.1 Å². The minimum absolute atomic E-state index is 0.0573. The van der Waals surface area contributed by atoms with Gasteiger partial charge in [-0.25, -0.2) is 9.97 Å². The van der Waals surface area contributed by atoms with Crippen LogP contribution >= 0.6 is 15.9 Å². The zero-order valence-corrected chi connectivity index (χ0v) is 17.2. The van der Waals surface area contributed by atoms with E-state index in [1.807, 2.05) is 6.07 Å². The molecule has 27 heavy (non-hydrogen) atoms. The first-order chi connectivity index (χ1) is 13.1. The van der Waals surface area contributed by atoms with Crippen LogP contribution in [0.2, 0.25) is 0 Å². The predicted octanol–water partition coefficient (Wildman–Crippen LogP) is 3.54. The monoisotopic (exact) mass is 432 g/mol. The molecule has 2 aromatic rings. The molecular formula is C20H25BrN4O2. The lowest BCUT2D eigenvalue weighted by Crippen LogP contribution is -2.36. The molecule has 0 radical (unpaired) electrons. The molecule has 7 heteroatoms. The standard InChI is InChI=1S/C20H25BrN4O2/c1-27-20-14(9-15(21)10-22-20)11-25-8-7-16-17(12-25)23-18(24-19(16)26)13-5-3-2-4-6-13/h9-10,13H,2-8,11-12H2,1H3,(H,23,24,26). The van der Waals surface area contributed by atoms with Crippen LogP contribution in [-0.2, 0) is 19.5 Å². The lowest BCUT2D eigenvalue weighted by atomic mass is 9.88. The smallest absolute Gasteiger partial charge is 0.254 e. The third-order valence-corrected chi connectivity index (χ3v) is 6.08. The Morgan fingerprint density at radius 1 is 1.33 bits per heavy atom. The van der Waals surface area contributed by atoms with E-state index in [1.165, 1.54) is 19.3 Å². The molecule has 0 bridgehead atoms. The van der Waals surface area contributed by atoms with Crippen LogP contribution in [0, 0.1) is 0 Å². The van der Waals surface area contributed by atoms with E-state index in [-0.39, 0.29) is 5.56 Å². The number of aromatic nitrogens is 3. The van der Waals surface area contributed by atoms with Crippen molar-refractivity contribution in [1.29, 1.82) is 0 Å². The summed E-state index contributed by atoms with van der Waals surface area (Å²) in [5.41, 5.74) is 2.88. The highest BCUT2D eigenvalue weighted by atomic mass is 79.9. The summed E-state index contributed by atoms with van der Waals surface area (Å²) in [5, 5.41) is 0. The highest BCUT2D eigenvalue weighted by Gasteiger charge is 2.25. The normalized spacial score (nSPS) is 18.3. The highest BCUT2D eigenvalue weighted by molar-refractivity contribution is 9.10. The summed E-state index contributed by atoms with van der Waals surface area (Å²) in [7, 11) is 1.64. The first kappa shape index (κ1) is 18.6. The molecule has 3 heterocycles. The van der Waals surface area contributed by atoms with Crippen molar-refractivity contribution >= 4 is 15.9 Å². The minimum Gasteiger partial charge on any atom is -0.481 e. The fraction of sp³-hybridized carbons (Fsp3) is 0.550. The second kappa shape index (κ2) is 8.10. The van der Waals surface area contributed by atoms with Crippen LogP contribution in [0.15, 0.2) is 21.5 Å². The van der Waals surface area contributed by atoms with Crippen molar-refractivity contribution in [2.75, 3.05) is 13.7 Å². The van der Waals surface area contributed by atoms with Crippen molar-refractivity contribution in [3.05, 3.63) is 49.7 Å². The molecule has 6 nitrogen and oxygen atoms in total. The van der Waals surface area contributed by atoms with E-state index in [0.29, 0.717) is 18.3 Å². The maximum Gasteiger partial charge on any atom is 0.254 e. The van der Waals surface area contributed by atoms with Crippen molar-refractivity contribution in [2.24, 2.45) is 0 Å². The molecule has 0 atom stereocenters. The number of rotatable bonds is 4. The molecule has 0 amide bonds. The first-order valence-corrected chi connectivity index (χ1v) is 10.5. The van der Waals surface area contributed by atoms with Gasteiger partial charge in [0.1, 0.15) is 5.82 Å². The van der Waals surface area contributed by atoms with E-state index in [2.05, 4.69) is 30.8 Å². The van der Waals surface area contributed by atoms with Crippen LogP contribution in [0.25, 0.3) is 0 Å². The fourth-order valence-corrected chi connectivity index (χ4v) is 4.60. The second-order valence-corrected chi connectivity index (χ2v) is 8.41. The van der Waals surface area contributed by atoms with Crippen LogP contribution in [0.4, 0.5) is 0 Å². The quantitative estimate of drug-likeness (QED) is 0.799.